The highest BCUT2D eigenvalue weighted by Gasteiger charge is 2.30. The monoisotopic (exact) mass is 324 g/mol. The molecular formula is C19H20N2O3. The van der Waals surface area contributed by atoms with Gasteiger partial charge < -0.3 is 9.64 Å². The average molecular weight is 324 g/mol. The van der Waals surface area contributed by atoms with E-state index in [4.69, 9.17) is 4.74 Å². The maximum atomic E-state index is 12.8. The summed E-state index contributed by atoms with van der Waals surface area (Å²) < 4.78 is 5.49. The Kier molecular flexibility index (Phi) is 5.01. The first-order chi connectivity index (χ1) is 11.6. The second-order valence-electron chi connectivity index (χ2n) is 5.91. The summed E-state index contributed by atoms with van der Waals surface area (Å²) in [4.78, 5) is 31.1. The summed E-state index contributed by atoms with van der Waals surface area (Å²) in [5.41, 5.74) is 2.07. The van der Waals surface area contributed by atoms with Crippen LogP contribution >= 0.6 is 0 Å². The quantitative estimate of drug-likeness (QED) is 0.811. The predicted octanol–water partition coefficient (Wildman–Crippen LogP) is 2.50. The van der Waals surface area contributed by atoms with Crippen LogP contribution < -0.4 is 0 Å². The van der Waals surface area contributed by atoms with E-state index in [2.05, 4.69) is 4.98 Å². The molecule has 1 aliphatic heterocycles. The van der Waals surface area contributed by atoms with Crippen molar-refractivity contribution in [3.05, 3.63) is 65.5 Å². The number of aryl methyl sites for hydroxylation is 1. The third-order valence-corrected chi connectivity index (χ3v) is 4.16. The Morgan fingerprint density at radius 1 is 1.17 bits per heavy atom. The minimum Gasteiger partial charge on any atom is -0.377 e. The Morgan fingerprint density at radius 3 is 2.67 bits per heavy atom. The molecule has 0 unspecified atom stereocenters. The fourth-order valence-electron chi connectivity index (χ4n) is 2.81. The van der Waals surface area contributed by atoms with Crippen molar-refractivity contribution in [2.75, 3.05) is 19.8 Å². The lowest BCUT2D eigenvalue weighted by atomic mass is 10.0. The number of aromatic nitrogens is 1. The Hall–Kier alpha value is -2.53. The molecule has 0 aliphatic carbocycles. The van der Waals surface area contributed by atoms with Crippen LogP contribution in [0.5, 0.6) is 0 Å². The summed E-state index contributed by atoms with van der Waals surface area (Å²) in [6.45, 7) is 3.23. The van der Waals surface area contributed by atoms with E-state index < -0.39 is 0 Å². The predicted molar refractivity (Wildman–Crippen MR) is 90.0 cm³/mol. The number of carbonyl (C=O) groups is 2. The molecule has 1 aromatic carbocycles. The van der Waals surface area contributed by atoms with Crippen LogP contribution in [0.15, 0.2) is 48.7 Å². The minimum absolute atomic E-state index is 0.0194. The number of Topliss-reactive ketones (excluding diaryl/α,β-unsaturated/α-hetero) is 1. The molecule has 0 N–H and O–H groups in total. The van der Waals surface area contributed by atoms with Crippen LogP contribution in [0.1, 0.15) is 32.8 Å². The van der Waals surface area contributed by atoms with Crippen molar-refractivity contribution in [1.82, 2.24) is 9.88 Å². The molecule has 2 heterocycles. The topological polar surface area (TPSA) is 59.5 Å². The summed E-state index contributed by atoms with van der Waals surface area (Å²) in [5, 5.41) is 0. The van der Waals surface area contributed by atoms with Gasteiger partial charge in [0.1, 0.15) is 0 Å². The van der Waals surface area contributed by atoms with Gasteiger partial charge in [-0.2, -0.15) is 0 Å². The van der Waals surface area contributed by atoms with Crippen LogP contribution in [0, 0.1) is 6.92 Å². The van der Waals surface area contributed by atoms with Gasteiger partial charge in [-0.3, -0.25) is 14.6 Å². The van der Waals surface area contributed by atoms with Gasteiger partial charge in [0.15, 0.2) is 5.78 Å². The van der Waals surface area contributed by atoms with E-state index >= 15 is 0 Å². The third-order valence-electron chi connectivity index (χ3n) is 4.16. The van der Waals surface area contributed by atoms with Crippen molar-refractivity contribution in [3.8, 4) is 0 Å². The summed E-state index contributed by atoms with van der Waals surface area (Å²) in [6.07, 6.45) is 1.85. The van der Waals surface area contributed by atoms with Crippen LogP contribution in [0.4, 0.5) is 0 Å². The second-order valence-corrected chi connectivity index (χ2v) is 5.91. The average Bonchev–Trinajstić information content (AvgIpc) is 2.63. The molecule has 5 nitrogen and oxygen atoms in total. The molecular weight excluding hydrogens is 304 g/mol. The number of hydrogen-bond donors (Lipinski definition) is 0. The number of rotatable bonds is 4. The van der Waals surface area contributed by atoms with E-state index in [1.54, 1.807) is 29.3 Å². The molecule has 1 aliphatic rings. The zero-order chi connectivity index (χ0) is 16.9. The lowest BCUT2D eigenvalue weighted by molar-refractivity contribution is -0.00283. The summed E-state index contributed by atoms with van der Waals surface area (Å²) in [7, 11) is 0. The molecule has 0 radical (unpaired) electrons. The molecule has 0 bridgehead atoms. The van der Waals surface area contributed by atoms with E-state index in [0.717, 1.165) is 5.69 Å². The largest absolute Gasteiger partial charge is 0.377 e. The highest BCUT2D eigenvalue weighted by molar-refractivity contribution is 5.98. The van der Waals surface area contributed by atoms with Gasteiger partial charge in [0.05, 0.1) is 24.8 Å². The molecule has 1 saturated heterocycles. The standard InChI is InChI=1S/C19H20N2O3/c1-14-7-8-16(12-20-14)19(23)21-9-10-24-13-17(21)11-18(22)15-5-3-2-4-6-15/h2-8,12,17H,9-11,13H2,1H3/t17-/m1/s1. The van der Waals surface area contributed by atoms with Crippen LogP contribution in [0.3, 0.4) is 0 Å². The highest BCUT2D eigenvalue weighted by atomic mass is 16.5. The summed E-state index contributed by atoms with van der Waals surface area (Å²) >= 11 is 0. The Morgan fingerprint density at radius 2 is 1.96 bits per heavy atom. The highest BCUT2D eigenvalue weighted by Crippen LogP contribution is 2.17. The molecule has 1 atom stereocenters. The summed E-state index contributed by atoms with van der Waals surface area (Å²) in [6, 6.07) is 12.5. The molecule has 24 heavy (non-hydrogen) atoms. The van der Waals surface area contributed by atoms with Crippen molar-refractivity contribution >= 4 is 11.7 Å². The molecule has 1 fully saturated rings. The lowest BCUT2D eigenvalue weighted by Gasteiger charge is -2.35. The van der Waals surface area contributed by atoms with Crippen molar-refractivity contribution in [3.63, 3.8) is 0 Å². The third kappa shape index (κ3) is 3.68. The number of ketones is 1. The van der Waals surface area contributed by atoms with Crippen LogP contribution in [-0.4, -0.2) is 47.4 Å². The summed E-state index contributed by atoms with van der Waals surface area (Å²) in [5.74, 6) is -0.0809. The van der Waals surface area contributed by atoms with Gasteiger partial charge in [0.25, 0.3) is 5.91 Å². The van der Waals surface area contributed by atoms with Gasteiger partial charge in [-0.15, -0.1) is 0 Å². The SMILES string of the molecule is Cc1ccc(C(=O)N2CCOC[C@H]2CC(=O)c2ccccc2)cn1. The maximum Gasteiger partial charge on any atom is 0.255 e. The van der Waals surface area contributed by atoms with Gasteiger partial charge in [0.2, 0.25) is 0 Å². The smallest absolute Gasteiger partial charge is 0.255 e. The molecule has 0 spiro atoms. The van der Waals surface area contributed by atoms with E-state index in [-0.39, 0.29) is 24.2 Å². The number of pyridine rings is 1. The number of morpholine rings is 1. The van der Waals surface area contributed by atoms with Gasteiger partial charge in [-0.25, -0.2) is 0 Å². The van der Waals surface area contributed by atoms with Crippen LogP contribution in [0.2, 0.25) is 0 Å². The van der Waals surface area contributed by atoms with Crippen molar-refractivity contribution in [2.45, 2.75) is 19.4 Å². The first-order valence-corrected chi connectivity index (χ1v) is 8.05. The maximum absolute atomic E-state index is 12.8. The number of hydrogen-bond acceptors (Lipinski definition) is 4. The minimum atomic E-state index is -0.250. The second kappa shape index (κ2) is 7.36. The van der Waals surface area contributed by atoms with Gasteiger partial charge in [-0.05, 0) is 19.1 Å². The van der Waals surface area contributed by atoms with E-state index in [9.17, 15) is 9.59 Å². The number of nitrogens with zero attached hydrogens (tertiary/aromatic N) is 2. The molecule has 1 amide bonds. The molecule has 5 heteroatoms. The molecule has 3 rings (SSSR count). The van der Waals surface area contributed by atoms with Crippen LogP contribution in [-0.2, 0) is 4.74 Å². The van der Waals surface area contributed by atoms with Gasteiger partial charge in [0, 0.05) is 30.4 Å². The first-order valence-electron chi connectivity index (χ1n) is 8.05. The van der Waals surface area contributed by atoms with Gasteiger partial charge in [-0.1, -0.05) is 30.3 Å². The molecule has 2 aromatic rings. The van der Waals surface area contributed by atoms with Crippen molar-refractivity contribution in [2.24, 2.45) is 0 Å². The van der Waals surface area contributed by atoms with E-state index in [1.807, 2.05) is 31.2 Å². The van der Waals surface area contributed by atoms with Crippen LogP contribution in [0.25, 0.3) is 0 Å². The Labute approximate surface area is 141 Å². The van der Waals surface area contributed by atoms with Crippen molar-refractivity contribution in [1.29, 1.82) is 0 Å². The number of ether oxygens (including phenoxy) is 1. The van der Waals surface area contributed by atoms with Crippen molar-refractivity contribution < 1.29 is 14.3 Å². The number of benzene rings is 1. The lowest BCUT2D eigenvalue weighted by Crippen LogP contribution is -2.49. The zero-order valence-corrected chi connectivity index (χ0v) is 13.6. The van der Waals surface area contributed by atoms with E-state index in [1.165, 1.54) is 0 Å². The Bertz CT molecular complexity index is 713. The molecule has 1 aromatic heterocycles. The zero-order valence-electron chi connectivity index (χ0n) is 13.6. The fraction of sp³-hybridized carbons (Fsp3) is 0.316. The van der Waals surface area contributed by atoms with E-state index in [0.29, 0.717) is 30.9 Å². The molecule has 0 saturated carbocycles. The Balaban J connectivity index is 1.74. The normalized spacial score (nSPS) is 17.5. The first kappa shape index (κ1) is 16.3. The number of carbonyl (C=O) groups excluding carboxylic acids is 2. The van der Waals surface area contributed by atoms with Gasteiger partial charge >= 0.3 is 0 Å². The molecule has 124 valence electrons. The number of amides is 1. The fourth-order valence-corrected chi connectivity index (χ4v) is 2.81.